The highest BCUT2D eigenvalue weighted by molar-refractivity contribution is 6.05. The molecule has 1 aromatic rings. The number of carbonyl (C=O) groups excluding carboxylic acids is 3. The number of carbonyl (C=O) groups is 3. The maximum Gasteiger partial charge on any atom is 0.255 e. The molecule has 1 aromatic carbocycles. The number of imide groups is 1. The van der Waals surface area contributed by atoms with Gasteiger partial charge in [-0.2, -0.15) is 0 Å². The molecule has 5 rings (SSSR count). The summed E-state index contributed by atoms with van der Waals surface area (Å²) in [6.07, 6.45) is 4.41. The van der Waals surface area contributed by atoms with Gasteiger partial charge in [0.2, 0.25) is 11.8 Å². The van der Waals surface area contributed by atoms with Gasteiger partial charge in [-0.05, 0) is 61.4 Å². The van der Waals surface area contributed by atoms with Crippen LogP contribution in [-0.2, 0) is 27.4 Å². The molecule has 3 saturated heterocycles. The van der Waals surface area contributed by atoms with E-state index in [1.807, 2.05) is 18.2 Å². The maximum absolute atomic E-state index is 12.9. The molecule has 31 heavy (non-hydrogen) atoms. The monoisotopic (exact) mass is 426 g/mol. The summed E-state index contributed by atoms with van der Waals surface area (Å²) in [5.74, 6) is -0.767. The smallest absolute Gasteiger partial charge is 0.255 e. The normalized spacial score (nSPS) is 27.6. The molecular formula is C23H30N4O4. The van der Waals surface area contributed by atoms with Crippen molar-refractivity contribution in [3.63, 3.8) is 0 Å². The summed E-state index contributed by atoms with van der Waals surface area (Å²) in [6, 6.07) is 5.38. The third-order valence-corrected chi connectivity index (χ3v) is 7.24. The van der Waals surface area contributed by atoms with Gasteiger partial charge in [0.05, 0.1) is 12.7 Å². The van der Waals surface area contributed by atoms with Crippen molar-refractivity contribution in [2.24, 2.45) is 5.41 Å². The fraction of sp³-hybridized carbons (Fsp3) is 0.609. The zero-order valence-electron chi connectivity index (χ0n) is 17.7. The van der Waals surface area contributed by atoms with Crippen LogP contribution in [0.15, 0.2) is 18.2 Å². The summed E-state index contributed by atoms with van der Waals surface area (Å²) in [5.41, 5.74) is 3.00. The van der Waals surface area contributed by atoms with E-state index in [0.29, 0.717) is 30.5 Å². The van der Waals surface area contributed by atoms with Crippen molar-refractivity contribution in [3.05, 3.63) is 34.9 Å². The van der Waals surface area contributed by atoms with E-state index < -0.39 is 6.04 Å². The van der Waals surface area contributed by atoms with Crippen LogP contribution in [0, 0.1) is 5.41 Å². The number of hydrogen-bond acceptors (Lipinski definition) is 6. The Bertz CT molecular complexity index is 896. The third kappa shape index (κ3) is 4.12. The molecule has 0 radical (unpaired) electrons. The number of rotatable bonds is 5. The molecule has 3 fully saturated rings. The number of ether oxygens (including phenoxy) is 1. The van der Waals surface area contributed by atoms with Gasteiger partial charge in [0.1, 0.15) is 6.04 Å². The van der Waals surface area contributed by atoms with E-state index in [-0.39, 0.29) is 30.2 Å². The highest BCUT2D eigenvalue weighted by atomic mass is 16.5. The second-order valence-electron chi connectivity index (χ2n) is 9.41. The standard InChI is InChI=1S/C23H30N4O4/c28-20-4-3-19(21(29)26-20)27-13-16-2-1-15(9-18(16)22(27)30)11-25-12-17-10-23(14-31-17)5-7-24-8-6-23/h1-2,9,17,19,24-25H,3-8,10-14H2,(H,26,28,29). The van der Waals surface area contributed by atoms with Gasteiger partial charge in [0.25, 0.3) is 5.91 Å². The minimum Gasteiger partial charge on any atom is -0.376 e. The minimum absolute atomic E-state index is 0.127. The molecule has 4 aliphatic heterocycles. The lowest BCUT2D eigenvalue weighted by Crippen LogP contribution is -2.52. The molecule has 0 bridgehead atoms. The van der Waals surface area contributed by atoms with E-state index in [4.69, 9.17) is 4.74 Å². The van der Waals surface area contributed by atoms with Crippen molar-refractivity contribution in [2.45, 2.75) is 57.3 Å². The number of piperidine rings is 2. The van der Waals surface area contributed by atoms with Gasteiger partial charge in [0, 0.05) is 31.6 Å². The van der Waals surface area contributed by atoms with E-state index in [0.717, 1.165) is 43.8 Å². The first-order valence-corrected chi connectivity index (χ1v) is 11.3. The van der Waals surface area contributed by atoms with E-state index >= 15 is 0 Å². The van der Waals surface area contributed by atoms with Crippen LogP contribution in [0.3, 0.4) is 0 Å². The Morgan fingerprint density at radius 3 is 2.84 bits per heavy atom. The van der Waals surface area contributed by atoms with E-state index in [1.165, 1.54) is 12.8 Å². The number of hydrogen-bond donors (Lipinski definition) is 3. The molecule has 3 amide bonds. The Hall–Kier alpha value is -2.29. The Balaban J connectivity index is 1.16. The van der Waals surface area contributed by atoms with E-state index in [9.17, 15) is 14.4 Å². The fourth-order valence-corrected chi connectivity index (χ4v) is 5.42. The largest absolute Gasteiger partial charge is 0.376 e. The van der Waals surface area contributed by atoms with E-state index in [2.05, 4.69) is 16.0 Å². The quantitative estimate of drug-likeness (QED) is 0.600. The molecule has 8 nitrogen and oxygen atoms in total. The average molecular weight is 427 g/mol. The number of amides is 3. The van der Waals surface area contributed by atoms with Gasteiger partial charge in [-0.3, -0.25) is 19.7 Å². The zero-order chi connectivity index (χ0) is 21.4. The van der Waals surface area contributed by atoms with Crippen LogP contribution in [0.1, 0.15) is 53.6 Å². The Labute approximate surface area is 182 Å². The Morgan fingerprint density at radius 1 is 1.19 bits per heavy atom. The van der Waals surface area contributed by atoms with Crippen LogP contribution in [0.5, 0.6) is 0 Å². The first-order chi connectivity index (χ1) is 15.0. The summed E-state index contributed by atoms with van der Waals surface area (Å²) < 4.78 is 6.06. The van der Waals surface area contributed by atoms with Crippen molar-refractivity contribution in [1.82, 2.24) is 20.9 Å². The molecule has 0 saturated carbocycles. The molecule has 4 aliphatic rings. The second kappa shape index (κ2) is 8.33. The van der Waals surface area contributed by atoms with Crippen molar-refractivity contribution >= 4 is 17.7 Å². The molecule has 2 unspecified atom stereocenters. The summed E-state index contributed by atoms with van der Waals surface area (Å²) in [6.45, 7) is 4.94. The van der Waals surface area contributed by atoms with Crippen LogP contribution in [-0.4, -0.2) is 61.0 Å². The third-order valence-electron chi connectivity index (χ3n) is 7.24. The Kier molecular flexibility index (Phi) is 5.54. The van der Waals surface area contributed by atoms with Crippen molar-refractivity contribution in [3.8, 4) is 0 Å². The van der Waals surface area contributed by atoms with Gasteiger partial charge in [-0.15, -0.1) is 0 Å². The number of nitrogens with one attached hydrogen (secondary N) is 3. The maximum atomic E-state index is 12.9. The molecule has 1 spiro atoms. The Morgan fingerprint density at radius 2 is 2.03 bits per heavy atom. The average Bonchev–Trinajstić information content (AvgIpc) is 3.30. The molecule has 0 aliphatic carbocycles. The lowest BCUT2D eigenvalue weighted by molar-refractivity contribution is -0.136. The highest BCUT2D eigenvalue weighted by Gasteiger charge is 2.41. The molecular weight excluding hydrogens is 396 g/mol. The molecule has 0 aromatic heterocycles. The summed E-state index contributed by atoms with van der Waals surface area (Å²) >= 11 is 0. The molecule has 4 heterocycles. The summed E-state index contributed by atoms with van der Waals surface area (Å²) in [5, 5.41) is 9.26. The molecule has 3 N–H and O–H groups in total. The SMILES string of the molecule is O=C1CCC(N2Cc3ccc(CNCC4CC5(CCNCC5)CO4)cc3C2=O)C(=O)N1. The van der Waals surface area contributed by atoms with Crippen molar-refractivity contribution in [1.29, 1.82) is 0 Å². The van der Waals surface area contributed by atoms with Gasteiger partial charge >= 0.3 is 0 Å². The fourth-order valence-electron chi connectivity index (χ4n) is 5.42. The molecule has 8 heteroatoms. The van der Waals surface area contributed by atoms with Gasteiger partial charge in [-0.25, -0.2) is 0 Å². The van der Waals surface area contributed by atoms with Crippen LogP contribution in [0.2, 0.25) is 0 Å². The lowest BCUT2D eigenvalue weighted by Gasteiger charge is -2.32. The lowest BCUT2D eigenvalue weighted by atomic mass is 9.77. The van der Waals surface area contributed by atoms with Gasteiger partial charge in [-0.1, -0.05) is 12.1 Å². The first-order valence-electron chi connectivity index (χ1n) is 11.3. The van der Waals surface area contributed by atoms with Crippen molar-refractivity contribution < 1.29 is 19.1 Å². The first kappa shape index (κ1) is 20.6. The van der Waals surface area contributed by atoms with Crippen molar-refractivity contribution in [2.75, 3.05) is 26.2 Å². The van der Waals surface area contributed by atoms with Gasteiger partial charge < -0.3 is 20.3 Å². The van der Waals surface area contributed by atoms with Crippen LogP contribution >= 0.6 is 0 Å². The predicted octanol–water partition coefficient (Wildman–Crippen LogP) is 0.696. The summed E-state index contributed by atoms with van der Waals surface area (Å²) in [7, 11) is 0. The number of benzene rings is 1. The minimum atomic E-state index is -0.569. The summed E-state index contributed by atoms with van der Waals surface area (Å²) in [4.78, 5) is 38.1. The zero-order valence-corrected chi connectivity index (χ0v) is 17.7. The van der Waals surface area contributed by atoms with E-state index in [1.54, 1.807) is 4.90 Å². The topological polar surface area (TPSA) is 99.8 Å². The molecule has 166 valence electrons. The number of fused-ring (bicyclic) bond motifs is 1. The van der Waals surface area contributed by atoms with Crippen LogP contribution in [0.25, 0.3) is 0 Å². The predicted molar refractivity (Wildman–Crippen MR) is 113 cm³/mol. The second-order valence-corrected chi connectivity index (χ2v) is 9.41. The van der Waals surface area contributed by atoms with Crippen LogP contribution < -0.4 is 16.0 Å². The van der Waals surface area contributed by atoms with Crippen LogP contribution in [0.4, 0.5) is 0 Å². The highest BCUT2D eigenvalue weighted by Crippen LogP contribution is 2.40. The number of nitrogens with zero attached hydrogens (tertiary/aromatic N) is 1. The van der Waals surface area contributed by atoms with Gasteiger partial charge in [0.15, 0.2) is 0 Å². The molecule has 2 atom stereocenters.